The number of rotatable bonds is 4. The van der Waals surface area contributed by atoms with Crippen molar-refractivity contribution in [3.63, 3.8) is 0 Å². The molecule has 1 heterocycles. The maximum atomic E-state index is 12.1. The average Bonchev–Trinajstić information content (AvgIpc) is 2.27. The highest BCUT2D eigenvalue weighted by Crippen LogP contribution is 2.23. The predicted octanol–water partition coefficient (Wildman–Crippen LogP) is 0.0836. The second kappa shape index (κ2) is 5.60. The van der Waals surface area contributed by atoms with Gasteiger partial charge in [-0.05, 0) is 32.6 Å². The van der Waals surface area contributed by atoms with Gasteiger partial charge >= 0.3 is 0 Å². The van der Waals surface area contributed by atoms with Gasteiger partial charge in [-0.15, -0.1) is 0 Å². The number of nitrogens with zero attached hydrogens (tertiary/aromatic N) is 1. The van der Waals surface area contributed by atoms with Crippen LogP contribution in [0.4, 0.5) is 0 Å². The molecule has 0 saturated carbocycles. The van der Waals surface area contributed by atoms with Gasteiger partial charge in [0.2, 0.25) is 10.0 Å². The van der Waals surface area contributed by atoms with Gasteiger partial charge in [0.25, 0.3) is 0 Å². The summed E-state index contributed by atoms with van der Waals surface area (Å²) >= 11 is 4.73. The van der Waals surface area contributed by atoms with Crippen molar-refractivity contribution in [1.29, 1.82) is 0 Å². The molecule has 1 aliphatic heterocycles. The lowest BCUT2D eigenvalue weighted by atomic mass is 9.93. The maximum absolute atomic E-state index is 12.1. The summed E-state index contributed by atoms with van der Waals surface area (Å²) in [4.78, 5) is 0.00245. The van der Waals surface area contributed by atoms with Crippen molar-refractivity contribution in [3.05, 3.63) is 0 Å². The van der Waals surface area contributed by atoms with E-state index in [1.54, 1.807) is 6.92 Å². The molecule has 3 N–H and O–H groups in total. The number of aliphatic hydroxyl groups excluding tert-OH is 1. The monoisotopic (exact) mass is 280 g/mol. The zero-order valence-corrected chi connectivity index (χ0v) is 11.8. The molecular weight excluding hydrogens is 260 g/mol. The summed E-state index contributed by atoms with van der Waals surface area (Å²) in [6.45, 7) is 4.13. The minimum absolute atomic E-state index is 0.00245. The minimum Gasteiger partial charge on any atom is -0.393 e. The van der Waals surface area contributed by atoms with Gasteiger partial charge < -0.3 is 10.8 Å². The summed E-state index contributed by atoms with van der Waals surface area (Å²) < 4.78 is 25.6. The van der Waals surface area contributed by atoms with Crippen molar-refractivity contribution >= 4 is 27.2 Å². The summed E-state index contributed by atoms with van der Waals surface area (Å²) in [6.07, 6.45) is 0.981. The molecule has 2 unspecified atom stereocenters. The van der Waals surface area contributed by atoms with E-state index in [0.717, 1.165) is 0 Å². The summed E-state index contributed by atoms with van der Waals surface area (Å²) in [5.41, 5.74) is 5.39. The van der Waals surface area contributed by atoms with Crippen molar-refractivity contribution in [3.8, 4) is 0 Å². The molecule has 0 radical (unpaired) electrons. The summed E-state index contributed by atoms with van der Waals surface area (Å²) in [6, 6.07) is 0. The van der Waals surface area contributed by atoms with Gasteiger partial charge in [-0.2, -0.15) is 0 Å². The Hall–Kier alpha value is -0.240. The molecule has 100 valence electrons. The largest absolute Gasteiger partial charge is 0.393 e. The third kappa shape index (κ3) is 3.37. The van der Waals surface area contributed by atoms with Crippen LogP contribution in [0.5, 0.6) is 0 Å². The van der Waals surface area contributed by atoms with Crippen LogP contribution in [0, 0.1) is 5.92 Å². The Balaban J connectivity index is 2.68. The van der Waals surface area contributed by atoms with E-state index in [1.807, 2.05) is 0 Å². The van der Waals surface area contributed by atoms with Crippen molar-refractivity contribution in [2.75, 3.05) is 13.1 Å². The molecule has 1 aliphatic rings. The van der Waals surface area contributed by atoms with Gasteiger partial charge in [-0.25, -0.2) is 12.7 Å². The highest BCUT2D eigenvalue weighted by Gasteiger charge is 2.34. The predicted molar refractivity (Wildman–Crippen MR) is 71.1 cm³/mol. The van der Waals surface area contributed by atoms with Crippen LogP contribution in [0.25, 0.3) is 0 Å². The molecule has 0 amide bonds. The van der Waals surface area contributed by atoms with Crippen LogP contribution in [0.1, 0.15) is 26.7 Å². The Labute approximate surface area is 108 Å². The van der Waals surface area contributed by atoms with Gasteiger partial charge in [0.1, 0.15) is 5.25 Å². The lowest BCUT2D eigenvalue weighted by Crippen LogP contribution is -2.47. The molecular formula is C10H20N2O3S2. The van der Waals surface area contributed by atoms with Crippen LogP contribution in [0.3, 0.4) is 0 Å². The van der Waals surface area contributed by atoms with E-state index in [2.05, 4.69) is 0 Å². The minimum atomic E-state index is -3.42. The summed E-state index contributed by atoms with van der Waals surface area (Å²) in [7, 11) is -3.42. The zero-order chi connectivity index (χ0) is 13.2. The molecule has 17 heavy (non-hydrogen) atoms. The lowest BCUT2D eigenvalue weighted by Gasteiger charge is -2.33. The smallest absolute Gasteiger partial charge is 0.223 e. The van der Waals surface area contributed by atoms with E-state index >= 15 is 0 Å². The standard InChI is InChI=1S/C10H20N2O3S2/c1-7(13)9-3-5-12(6-4-9)17(14,15)8(2)10(11)16/h7-9,13H,3-6H2,1-2H3,(H2,11,16). The Morgan fingerprint density at radius 3 is 2.24 bits per heavy atom. The lowest BCUT2D eigenvalue weighted by molar-refractivity contribution is 0.0911. The SMILES string of the molecule is CC(O)C1CCN(S(=O)(=O)C(C)C(N)=S)CC1. The molecule has 2 atom stereocenters. The number of thiocarbonyl (C=S) groups is 1. The molecule has 1 saturated heterocycles. The first-order valence-electron chi connectivity index (χ1n) is 5.73. The van der Waals surface area contributed by atoms with Crippen LogP contribution in [0.2, 0.25) is 0 Å². The second-order valence-electron chi connectivity index (χ2n) is 4.57. The third-order valence-electron chi connectivity index (χ3n) is 3.39. The van der Waals surface area contributed by atoms with E-state index in [9.17, 15) is 13.5 Å². The first kappa shape index (κ1) is 14.8. The van der Waals surface area contributed by atoms with Crippen LogP contribution < -0.4 is 5.73 Å². The topological polar surface area (TPSA) is 83.6 Å². The van der Waals surface area contributed by atoms with Crippen LogP contribution in [-0.4, -0.2) is 47.3 Å². The molecule has 0 aromatic carbocycles. The fourth-order valence-electron chi connectivity index (χ4n) is 1.98. The molecule has 7 heteroatoms. The van der Waals surface area contributed by atoms with Crippen LogP contribution >= 0.6 is 12.2 Å². The molecule has 0 aromatic rings. The number of aliphatic hydroxyl groups is 1. The maximum Gasteiger partial charge on any atom is 0.223 e. The molecule has 1 rings (SSSR count). The molecule has 5 nitrogen and oxygen atoms in total. The number of hydrogen-bond donors (Lipinski definition) is 2. The summed E-state index contributed by atoms with van der Waals surface area (Å²) in [5.74, 6) is 0.182. The molecule has 0 spiro atoms. The summed E-state index contributed by atoms with van der Waals surface area (Å²) in [5, 5.41) is 8.64. The molecule has 0 aliphatic carbocycles. The quantitative estimate of drug-likeness (QED) is 0.713. The van der Waals surface area contributed by atoms with E-state index in [0.29, 0.717) is 25.9 Å². The zero-order valence-electron chi connectivity index (χ0n) is 10.2. The normalized spacial score (nSPS) is 23.2. The van der Waals surface area contributed by atoms with Crippen LogP contribution in [0.15, 0.2) is 0 Å². The Kier molecular flexibility index (Phi) is 4.88. The second-order valence-corrected chi connectivity index (χ2v) is 7.29. The van der Waals surface area contributed by atoms with Gasteiger partial charge in [0.05, 0.1) is 11.1 Å². The van der Waals surface area contributed by atoms with Crippen LogP contribution in [-0.2, 0) is 10.0 Å². The Morgan fingerprint density at radius 2 is 1.88 bits per heavy atom. The molecule has 1 fully saturated rings. The van der Waals surface area contributed by atoms with Crippen molar-refractivity contribution < 1.29 is 13.5 Å². The number of piperidine rings is 1. The fraction of sp³-hybridized carbons (Fsp3) is 0.900. The van der Waals surface area contributed by atoms with Gasteiger partial charge in [-0.1, -0.05) is 12.2 Å². The van der Waals surface area contributed by atoms with Gasteiger partial charge in [-0.3, -0.25) is 0 Å². The number of sulfonamides is 1. The average molecular weight is 280 g/mol. The highest BCUT2D eigenvalue weighted by molar-refractivity contribution is 7.92. The highest BCUT2D eigenvalue weighted by atomic mass is 32.2. The fourth-order valence-corrected chi connectivity index (χ4v) is 3.81. The van der Waals surface area contributed by atoms with Crippen molar-refractivity contribution in [1.82, 2.24) is 4.31 Å². The van der Waals surface area contributed by atoms with E-state index < -0.39 is 15.3 Å². The van der Waals surface area contributed by atoms with Crippen molar-refractivity contribution in [2.45, 2.75) is 38.0 Å². The first-order chi connectivity index (χ1) is 7.76. The van der Waals surface area contributed by atoms with E-state index in [-0.39, 0.29) is 17.0 Å². The Bertz CT molecular complexity index is 373. The number of hydrogen-bond acceptors (Lipinski definition) is 4. The first-order valence-corrected chi connectivity index (χ1v) is 7.64. The van der Waals surface area contributed by atoms with E-state index in [1.165, 1.54) is 11.2 Å². The molecule has 0 aromatic heterocycles. The number of nitrogens with two attached hydrogens (primary N) is 1. The van der Waals surface area contributed by atoms with Gasteiger partial charge in [0.15, 0.2) is 0 Å². The van der Waals surface area contributed by atoms with Gasteiger partial charge in [0, 0.05) is 13.1 Å². The van der Waals surface area contributed by atoms with E-state index in [4.69, 9.17) is 18.0 Å². The van der Waals surface area contributed by atoms with Crippen molar-refractivity contribution in [2.24, 2.45) is 11.7 Å². The molecule has 0 bridgehead atoms. The third-order valence-corrected chi connectivity index (χ3v) is 6.12. The Morgan fingerprint density at radius 1 is 1.41 bits per heavy atom.